The number of aliphatic carboxylic acids is 1. The second-order valence-corrected chi connectivity index (χ2v) is 10.4. The zero-order valence-corrected chi connectivity index (χ0v) is 22.0. The second-order valence-electron chi connectivity index (χ2n) is 8.15. The number of rotatable bonds is 6. The predicted molar refractivity (Wildman–Crippen MR) is 141 cm³/mol. The summed E-state index contributed by atoms with van der Waals surface area (Å²) in [5.41, 5.74) is 1.11. The van der Waals surface area contributed by atoms with E-state index in [1.54, 1.807) is 0 Å². The molecule has 1 saturated heterocycles. The first-order valence-electron chi connectivity index (χ1n) is 11.5. The van der Waals surface area contributed by atoms with Crippen molar-refractivity contribution in [2.75, 3.05) is 19.0 Å². The van der Waals surface area contributed by atoms with Gasteiger partial charge in [0.25, 0.3) is 5.97 Å². The molecule has 1 saturated carbocycles. The molecule has 34 heavy (non-hydrogen) atoms. The number of ether oxygens (including phenoxy) is 1. The van der Waals surface area contributed by atoms with Crippen molar-refractivity contribution >= 4 is 46.8 Å². The van der Waals surface area contributed by atoms with Crippen molar-refractivity contribution < 1.29 is 19.4 Å². The summed E-state index contributed by atoms with van der Waals surface area (Å²) >= 11 is 13.6. The highest BCUT2D eigenvalue weighted by atomic mass is 35.5. The third-order valence-electron chi connectivity index (χ3n) is 5.55. The van der Waals surface area contributed by atoms with Crippen LogP contribution in [0.2, 0.25) is 10.0 Å². The first-order chi connectivity index (χ1) is 16.3. The first kappa shape index (κ1) is 28.5. The van der Waals surface area contributed by atoms with E-state index in [9.17, 15) is 4.79 Å². The Labute approximate surface area is 216 Å². The normalized spacial score (nSPS) is 18.5. The largest absolute Gasteiger partial charge is 0.481 e. The van der Waals surface area contributed by atoms with Crippen LogP contribution in [0.5, 0.6) is 0 Å². The van der Waals surface area contributed by atoms with E-state index >= 15 is 0 Å². The molecule has 2 aromatic carbocycles. The van der Waals surface area contributed by atoms with Crippen LogP contribution < -0.4 is 0 Å². The molecule has 2 aliphatic rings. The number of hydrogen-bond acceptors (Lipinski definition) is 4. The van der Waals surface area contributed by atoms with Gasteiger partial charge in [0, 0.05) is 34.0 Å². The minimum Gasteiger partial charge on any atom is -0.481 e. The number of thioether (sulfide) groups is 1. The number of morpholine rings is 1. The minimum atomic E-state index is -0.833. The van der Waals surface area contributed by atoms with Crippen LogP contribution >= 0.6 is 35.0 Å². The molecule has 1 aliphatic carbocycles. The maximum Gasteiger partial charge on any atom is 0.300 e. The van der Waals surface area contributed by atoms with Crippen molar-refractivity contribution in [2.24, 2.45) is 0 Å². The van der Waals surface area contributed by atoms with Crippen molar-refractivity contribution in [2.45, 2.75) is 56.9 Å². The van der Waals surface area contributed by atoms with Gasteiger partial charge in [0.15, 0.2) is 0 Å². The SMILES string of the molecule is CC(=O)O.CC[C@@H](CSC1CCC1)N1C(=O)COC[C@H]1c1ccc(Cl)cc1.Clc1ccccc1. The van der Waals surface area contributed by atoms with Gasteiger partial charge in [-0.2, -0.15) is 11.8 Å². The third-order valence-corrected chi connectivity index (χ3v) is 7.58. The van der Waals surface area contributed by atoms with E-state index in [0.29, 0.717) is 6.61 Å². The Morgan fingerprint density at radius 1 is 1.12 bits per heavy atom. The minimum absolute atomic E-state index is 0.000423. The molecule has 0 radical (unpaired) electrons. The number of benzene rings is 2. The van der Waals surface area contributed by atoms with E-state index in [4.69, 9.17) is 37.8 Å². The van der Waals surface area contributed by atoms with Gasteiger partial charge in [-0.25, -0.2) is 0 Å². The van der Waals surface area contributed by atoms with Crippen LogP contribution in [0, 0.1) is 0 Å². The molecule has 4 rings (SSSR count). The van der Waals surface area contributed by atoms with Crippen molar-refractivity contribution in [1.82, 2.24) is 4.90 Å². The van der Waals surface area contributed by atoms with Crippen LogP contribution in [0.3, 0.4) is 0 Å². The van der Waals surface area contributed by atoms with Crippen molar-refractivity contribution in [3.05, 3.63) is 70.2 Å². The van der Waals surface area contributed by atoms with Crippen molar-refractivity contribution in [3.63, 3.8) is 0 Å². The average Bonchev–Trinajstić information content (AvgIpc) is 2.77. The Morgan fingerprint density at radius 3 is 2.18 bits per heavy atom. The predicted octanol–water partition coefficient (Wildman–Crippen LogP) is 6.74. The second kappa shape index (κ2) is 15.3. The lowest BCUT2D eigenvalue weighted by Gasteiger charge is -2.41. The number of carbonyl (C=O) groups excluding carboxylic acids is 1. The number of halogens is 2. The molecule has 0 aromatic heterocycles. The molecule has 0 bridgehead atoms. The molecule has 186 valence electrons. The average molecular weight is 527 g/mol. The van der Waals surface area contributed by atoms with Gasteiger partial charge >= 0.3 is 0 Å². The zero-order chi connectivity index (χ0) is 24.9. The lowest BCUT2D eigenvalue weighted by molar-refractivity contribution is -0.151. The summed E-state index contributed by atoms with van der Waals surface area (Å²) in [6, 6.07) is 17.5. The summed E-state index contributed by atoms with van der Waals surface area (Å²) < 4.78 is 5.53. The fraction of sp³-hybridized carbons (Fsp3) is 0.462. The number of nitrogens with zero attached hydrogens (tertiary/aromatic N) is 1. The first-order valence-corrected chi connectivity index (χ1v) is 13.3. The summed E-state index contributed by atoms with van der Waals surface area (Å²) in [5, 5.41) is 9.73. The topological polar surface area (TPSA) is 66.8 Å². The van der Waals surface area contributed by atoms with Crippen LogP contribution in [-0.2, 0) is 14.3 Å². The highest BCUT2D eigenvalue weighted by Crippen LogP contribution is 2.35. The molecule has 1 N–H and O–H groups in total. The standard InChI is InChI=1S/C18H24ClNO2S.C6H5Cl.C2H4O2/c1-2-15(12-23-16-4-3-5-16)20-17(10-22-11-18(20)21)13-6-8-14(19)9-7-13;7-6-4-2-1-3-5-6;1-2(3)4/h6-9,15-17H,2-5,10-12H2,1H3;1-5H;1H3,(H,3,4)/t15-,17-;;/m0../s1. The van der Waals surface area contributed by atoms with Gasteiger partial charge in [0.1, 0.15) is 6.61 Å². The number of carbonyl (C=O) groups is 2. The monoisotopic (exact) mass is 525 g/mol. The van der Waals surface area contributed by atoms with Crippen LogP contribution in [-0.4, -0.2) is 52.1 Å². The molecule has 5 nitrogen and oxygen atoms in total. The molecular weight excluding hydrogens is 493 g/mol. The Morgan fingerprint density at radius 2 is 1.71 bits per heavy atom. The number of amides is 1. The van der Waals surface area contributed by atoms with Gasteiger partial charge in [-0.15, -0.1) is 0 Å². The maximum atomic E-state index is 12.5. The van der Waals surface area contributed by atoms with E-state index in [2.05, 4.69) is 11.8 Å². The van der Waals surface area contributed by atoms with Gasteiger partial charge in [-0.1, -0.05) is 66.9 Å². The molecule has 1 heterocycles. The fourth-order valence-electron chi connectivity index (χ4n) is 3.58. The van der Waals surface area contributed by atoms with Crippen molar-refractivity contribution in [1.29, 1.82) is 0 Å². The summed E-state index contributed by atoms with van der Waals surface area (Å²) in [6.45, 7) is 4.03. The van der Waals surface area contributed by atoms with E-state index < -0.39 is 5.97 Å². The molecule has 1 aliphatic heterocycles. The Kier molecular flexibility index (Phi) is 12.8. The Bertz CT molecular complexity index is 874. The van der Waals surface area contributed by atoms with E-state index in [-0.39, 0.29) is 24.6 Å². The summed E-state index contributed by atoms with van der Waals surface area (Å²) in [4.78, 5) is 23.6. The third kappa shape index (κ3) is 9.87. The molecular formula is C26H33Cl2NO4S. The molecule has 2 aromatic rings. The van der Waals surface area contributed by atoms with Crippen LogP contribution in [0.25, 0.3) is 0 Å². The lowest BCUT2D eigenvalue weighted by atomic mass is 10.00. The highest BCUT2D eigenvalue weighted by Gasteiger charge is 2.35. The van der Waals surface area contributed by atoms with Gasteiger partial charge in [-0.3, -0.25) is 9.59 Å². The zero-order valence-electron chi connectivity index (χ0n) is 19.7. The maximum absolute atomic E-state index is 12.5. The number of carboxylic acid groups (broad SMARTS) is 1. The van der Waals surface area contributed by atoms with Crippen LogP contribution in [0.4, 0.5) is 0 Å². The highest BCUT2D eigenvalue weighted by molar-refractivity contribution is 8.00. The lowest BCUT2D eigenvalue weighted by Crippen LogP contribution is -2.50. The summed E-state index contributed by atoms with van der Waals surface area (Å²) in [6.07, 6.45) is 5.01. The summed E-state index contributed by atoms with van der Waals surface area (Å²) in [7, 11) is 0. The van der Waals surface area contributed by atoms with Gasteiger partial charge in [0.2, 0.25) is 5.91 Å². The van der Waals surface area contributed by atoms with Crippen molar-refractivity contribution in [3.8, 4) is 0 Å². The van der Waals surface area contributed by atoms with Gasteiger partial charge in [-0.05, 0) is 49.1 Å². The quantitative estimate of drug-likeness (QED) is 0.452. The Hall–Kier alpha value is -1.73. The molecule has 0 spiro atoms. The van der Waals surface area contributed by atoms with Crippen LogP contribution in [0.1, 0.15) is 51.1 Å². The van der Waals surface area contributed by atoms with Crippen LogP contribution in [0.15, 0.2) is 54.6 Å². The molecule has 1 amide bonds. The molecule has 0 unspecified atom stereocenters. The number of carboxylic acids is 1. The Balaban J connectivity index is 0.000000307. The van der Waals surface area contributed by atoms with E-state index in [1.807, 2.05) is 66.4 Å². The molecule has 2 atom stereocenters. The van der Waals surface area contributed by atoms with E-state index in [0.717, 1.165) is 40.0 Å². The van der Waals surface area contributed by atoms with E-state index in [1.165, 1.54) is 19.3 Å². The van der Waals surface area contributed by atoms with Gasteiger partial charge < -0.3 is 14.7 Å². The summed E-state index contributed by atoms with van der Waals surface area (Å²) in [5.74, 6) is 0.300. The molecule has 8 heteroatoms. The fourth-order valence-corrected chi connectivity index (χ4v) is 5.41. The smallest absolute Gasteiger partial charge is 0.300 e. The molecule has 2 fully saturated rings. The van der Waals surface area contributed by atoms with Gasteiger partial charge in [0.05, 0.1) is 12.6 Å². The number of hydrogen-bond donors (Lipinski definition) is 1.